The highest BCUT2D eigenvalue weighted by Gasteiger charge is 2.07. The third-order valence-electron chi connectivity index (χ3n) is 4.07. The summed E-state index contributed by atoms with van der Waals surface area (Å²) in [5.74, 6) is 0.768. The van der Waals surface area contributed by atoms with Crippen molar-refractivity contribution in [3.05, 3.63) is 0 Å². The first kappa shape index (κ1) is 20.9. The van der Waals surface area contributed by atoms with Crippen LogP contribution >= 0.6 is 0 Å². The molecule has 0 rings (SSSR count). The third kappa shape index (κ3) is 16.2. The fourth-order valence-electron chi connectivity index (χ4n) is 2.75. The zero-order chi connectivity index (χ0) is 15.8. The van der Waals surface area contributed by atoms with E-state index in [4.69, 9.17) is 0 Å². The van der Waals surface area contributed by atoms with Crippen LogP contribution in [0.4, 0.5) is 0 Å². The van der Waals surface area contributed by atoms with Crippen LogP contribution in [0.2, 0.25) is 0 Å². The van der Waals surface area contributed by atoms with Gasteiger partial charge in [-0.2, -0.15) is 0 Å². The Morgan fingerprint density at radius 2 is 0.857 bits per heavy atom. The number of unbranched alkanes of at least 4 members (excludes halogenated alkanes) is 12. The monoisotopic (exact) mass is 318 g/mol. The van der Waals surface area contributed by atoms with Crippen LogP contribution in [0.15, 0.2) is 0 Å². The van der Waals surface area contributed by atoms with Gasteiger partial charge in [-0.25, -0.2) is 8.42 Å². The first-order valence-corrected chi connectivity index (χ1v) is 11.1. The van der Waals surface area contributed by atoms with Crippen molar-refractivity contribution in [3.63, 3.8) is 0 Å². The zero-order valence-electron chi connectivity index (χ0n) is 14.5. The Hall–Kier alpha value is -0.0500. The Labute approximate surface area is 134 Å². The van der Waals surface area contributed by atoms with Crippen LogP contribution in [0.25, 0.3) is 0 Å². The number of hydrogen-bond donors (Lipinski definition) is 0. The van der Waals surface area contributed by atoms with Crippen LogP contribution in [-0.4, -0.2) is 19.9 Å². The van der Waals surface area contributed by atoms with E-state index in [2.05, 4.69) is 6.92 Å². The molecule has 0 saturated heterocycles. The standard InChI is InChI=1S/C18H38O2S/c1-3-5-6-7-8-9-10-11-12-13-14-15-16-18-21(19,20)17-4-2/h3-18H2,1-2H3. The van der Waals surface area contributed by atoms with Crippen LogP contribution in [-0.2, 0) is 9.84 Å². The summed E-state index contributed by atoms with van der Waals surface area (Å²) < 4.78 is 23.1. The molecular formula is C18H38O2S. The second-order valence-corrected chi connectivity index (χ2v) is 8.70. The van der Waals surface area contributed by atoms with E-state index in [1.54, 1.807) is 0 Å². The van der Waals surface area contributed by atoms with E-state index in [1.165, 1.54) is 70.6 Å². The molecule has 0 unspecified atom stereocenters. The van der Waals surface area contributed by atoms with Gasteiger partial charge in [0, 0.05) is 5.75 Å². The van der Waals surface area contributed by atoms with Gasteiger partial charge in [0.05, 0.1) is 5.75 Å². The molecule has 0 amide bonds. The van der Waals surface area contributed by atoms with Crippen LogP contribution in [0.3, 0.4) is 0 Å². The highest BCUT2D eigenvalue weighted by atomic mass is 32.2. The summed E-state index contributed by atoms with van der Waals surface area (Å²) >= 11 is 0. The smallest absolute Gasteiger partial charge is 0.150 e. The van der Waals surface area contributed by atoms with Gasteiger partial charge in [0.1, 0.15) is 9.84 Å². The molecule has 128 valence electrons. The zero-order valence-corrected chi connectivity index (χ0v) is 15.4. The minimum absolute atomic E-state index is 0.366. The summed E-state index contributed by atoms with van der Waals surface area (Å²) in [6.07, 6.45) is 17.6. The molecule has 3 heteroatoms. The first-order chi connectivity index (χ1) is 10.1. The van der Waals surface area contributed by atoms with Gasteiger partial charge in [-0.3, -0.25) is 0 Å². The number of rotatable bonds is 16. The van der Waals surface area contributed by atoms with Crippen molar-refractivity contribution in [2.75, 3.05) is 11.5 Å². The average Bonchev–Trinajstić information content (AvgIpc) is 2.44. The normalized spacial score (nSPS) is 11.9. The molecule has 0 atom stereocenters. The second kappa shape index (κ2) is 14.9. The van der Waals surface area contributed by atoms with Gasteiger partial charge in [0.15, 0.2) is 0 Å². The Balaban J connectivity index is 3.16. The average molecular weight is 319 g/mol. The van der Waals surface area contributed by atoms with Crippen LogP contribution in [0.5, 0.6) is 0 Å². The van der Waals surface area contributed by atoms with Crippen LogP contribution < -0.4 is 0 Å². The minimum Gasteiger partial charge on any atom is -0.229 e. The maximum absolute atomic E-state index is 11.5. The van der Waals surface area contributed by atoms with Crippen molar-refractivity contribution in [2.45, 2.75) is 104 Å². The summed E-state index contributed by atoms with van der Waals surface area (Å²) in [6, 6.07) is 0. The molecule has 0 saturated carbocycles. The third-order valence-corrected chi connectivity index (χ3v) is 6.01. The molecule has 0 spiro atoms. The summed E-state index contributed by atoms with van der Waals surface area (Å²) in [7, 11) is -2.75. The van der Waals surface area contributed by atoms with Crippen molar-refractivity contribution in [2.24, 2.45) is 0 Å². The van der Waals surface area contributed by atoms with E-state index in [0.717, 1.165) is 19.3 Å². The van der Waals surface area contributed by atoms with Gasteiger partial charge in [0.25, 0.3) is 0 Å². The van der Waals surface area contributed by atoms with Crippen molar-refractivity contribution >= 4 is 9.84 Å². The maximum atomic E-state index is 11.5. The van der Waals surface area contributed by atoms with Crippen LogP contribution in [0.1, 0.15) is 104 Å². The van der Waals surface area contributed by atoms with Crippen molar-refractivity contribution in [1.29, 1.82) is 0 Å². The quantitative estimate of drug-likeness (QED) is 0.332. The lowest BCUT2D eigenvalue weighted by molar-refractivity contribution is 0.541. The molecule has 0 aliphatic rings. The Bertz CT molecular complexity index is 296. The van der Waals surface area contributed by atoms with Crippen LogP contribution in [0, 0.1) is 0 Å². The van der Waals surface area contributed by atoms with E-state index >= 15 is 0 Å². The molecule has 0 radical (unpaired) electrons. The van der Waals surface area contributed by atoms with E-state index in [-0.39, 0.29) is 0 Å². The fraction of sp³-hybridized carbons (Fsp3) is 1.00. The lowest BCUT2D eigenvalue weighted by Crippen LogP contribution is -2.10. The molecule has 0 aromatic rings. The molecule has 0 heterocycles. The maximum Gasteiger partial charge on any atom is 0.150 e. The fourth-order valence-corrected chi connectivity index (χ4v) is 4.22. The molecule has 21 heavy (non-hydrogen) atoms. The van der Waals surface area contributed by atoms with Crippen molar-refractivity contribution < 1.29 is 8.42 Å². The largest absolute Gasteiger partial charge is 0.229 e. The van der Waals surface area contributed by atoms with E-state index in [1.807, 2.05) is 6.92 Å². The van der Waals surface area contributed by atoms with Gasteiger partial charge >= 0.3 is 0 Å². The van der Waals surface area contributed by atoms with E-state index in [0.29, 0.717) is 11.5 Å². The van der Waals surface area contributed by atoms with Gasteiger partial charge < -0.3 is 0 Å². The Morgan fingerprint density at radius 1 is 0.476 bits per heavy atom. The van der Waals surface area contributed by atoms with E-state index < -0.39 is 9.84 Å². The molecule has 0 fully saturated rings. The predicted octanol–water partition coefficient (Wildman–Crippen LogP) is 5.90. The van der Waals surface area contributed by atoms with Gasteiger partial charge in [-0.15, -0.1) is 0 Å². The van der Waals surface area contributed by atoms with E-state index in [9.17, 15) is 8.42 Å². The molecule has 0 aromatic heterocycles. The summed E-state index contributed by atoms with van der Waals surface area (Å²) in [6.45, 7) is 4.20. The lowest BCUT2D eigenvalue weighted by Gasteiger charge is -2.04. The SMILES string of the molecule is CCCCCCCCCCCCCCCS(=O)(=O)CCC. The molecule has 0 N–H and O–H groups in total. The Morgan fingerprint density at radius 3 is 1.24 bits per heavy atom. The van der Waals surface area contributed by atoms with Crippen molar-refractivity contribution in [1.82, 2.24) is 0 Å². The topological polar surface area (TPSA) is 34.1 Å². The van der Waals surface area contributed by atoms with Gasteiger partial charge in [-0.1, -0.05) is 90.9 Å². The first-order valence-electron chi connectivity index (χ1n) is 9.32. The minimum atomic E-state index is -2.75. The second-order valence-electron chi connectivity index (χ2n) is 6.39. The highest BCUT2D eigenvalue weighted by Crippen LogP contribution is 2.12. The molecule has 2 nitrogen and oxygen atoms in total. The summed E-state index contributed by atoms with van der Waals surface area (Å²) in [4.78, 5) is 0. The molecule has 0 aliphatic carbocycles. The number of sulfone groups is 1. The highest BCUT2D eigenvalue weighted by molar-refractivity contribution is 7.91. The molecular weight excluding hydrogens is 280 g/mol. The predicted molar refractivity (Wildman–Crippen MR) is 94.6 cm³/mol. The summed E-state index contributed by atoms with van der Waals surface area (Å²) in [5.41, 5.74) is 0. The molecule has 0 aliphatic heterocycles. The summed E-state index contributed by atoms with van der Waals surface area (Å²) in [5, 5.41) is 0. The molecule has 0 aromatic carbocycles. The van der Waals surface area contributed by atoms with Gasteiger partial charge in [-0.05, 0) is 12.8 Å². The lowest BCUT2D eigenvalue weighted by atomic mass is 10.1. The number of hydrogen-bond acceptors (Lipinski definition) is 2. The van der Waals surface area contributed by atoms with Gasteiger partial charge in [0.2, 0.25) is 0 Å². The van der Waals surface area contributed by atoms with Crippen molar-refractivity contribution in [3.8, 4) is 0 Å². The Kier molecular flexibility index (Phi) is 14.8. The molecule has 0 bridgehead atoms.